The maximum absolute atomic E-state index is 9.85. The minimum absolute atomic E-state index is 0.0117. The number of hydrogen-bond donors (Lipinski definition) is 1. The SMILES string of the molecule is C[C@H]([C@H]1O[C@@H]1CO)[C@H](OCc1ccccc1)[C@H](OCc1ccccc1)[C@@H](COCc1ccccc1)O[Si](C)(C)C(C)(C)C. The zero-order valence-corrected chi connectivity index (χ0v) is 27.6. The van der Waals surface area contributed by atoms with Crippen molar-refractivity contribution in [3.05, 3.63) is 108 Å². The number of aliphatic hydroxyl groups is 1. The van der Waals surface area contributed by atoms with Crippen molar-refractivity contribution in [2.24, 2.45) is 5.92 Å². The second kappa shape index (κ2) is 15.6. The molecule has 3 aromatic rings. The topological polar surface area (TPSA) is 69.7 Å². The first kappa shape index (κ1) is 33.5. The van der Waals surface area contributed by atoms with Crippen LogP contribution in [0, 0.1) is 5.92 Å². The molecule has 1 aliphatic heterocycles. The van der Waals surface area contributed by atoms with Crippen molar-refractivity contribution in [3.8, 4) is 0 Å². The normalized spacial score (nSPS) is 19.9. The van der Waals surface area contributed by atoms with Gasteiger partial charge < -0.3 is 28.5 Å². The van der Waals surface area contributed by atoms with Crippen LogP contribution in [0.15, 0.2) is 91.0 Å². The van der Waals surface area contributed by atoms with Gasteiger partial charge in [-0.1, -0.05) is 119 Å². The lowest BCUT2D eigenvalue weighted by Gasteiger charge is -2.43. The zero-order chi connectivity index (χ0) is 30.9. The molecule has 1 fully saturated rings. The number of benzene rings is 3. The molecule has 4 rings (SSSR count). The monoisotopic (exact) mass is 606 g/mol. The largest absolute Gasteiger partial charge is 0.409 e. The first-order valence-electron chi connectivity index (χ1n) is 15.5. The van der Waals surface area contributed by atoms with E-state index in [1.807, 2.05) is 54.6 Å². The van der Waals surface area contributed by atoms with Gasteiger partial charge in [-0.05, 0) is 34.8 Å². The fourth-order valence-electron chi connectivity index (χ4n) is 5.06. The Kier molecular flexibility index (Phi) is 12.1. The van der Waals surface area contributed by atoms with Gasteiger partial charge in [0.1, 0.15) is 12.2 Å². The lowest BCUT2D eigenvalue weighted by molar-refractivity contribution is -0.159. The Labute approximate surface area is 259 Å². The quantitative estimate of drug-likeness (QED) is 0.130. The maximum Gasteiger partial charge on any atom is 0.192 e. The van der Waals surface area contributed by atoms with E-state index in [4.69, 9.17) is 23.4 Å². The molecule has 1 saturated heterocycles. The van der Waals surface area contributed by atoms with E-state index >= 15 is 0 Å². The highest BCUT2D eigenvalue weighted by Crippen LogP contribution is 2.40. The number of epoxide rings is 1. The lowest BCUT2D eigenvalue weighted by atomic mass is 9.91. The predicted octanol–water partition coefficient (Wildman–Crippen LogP) is 7.16. The molecule has 1 heterocycles. The summed E-state index contributed by atoms with van der Waals surface area (Å²) < 4.78 is 33.0. The summed E-state index contributed by atoms with van der Waals surface area (Å²) >= 11 is 0. The fourth-order valence-corrected chi connectivity index (χ4v) is 6.38. The summed E-state index contributed by atoms with van der Waals surface area (Å²) in [4.78, 5) is 0. The molecule has 1 N–H and O–H groups in total. The van der Waals surface area contributed by atoms with E-state index < -0.39 is 14.4 Å². The molecular weight excluding hydrogens is 556 g/mol. The average Bonchev–Trinajstić information content (AvgIpc) is 3.79. The first-order valence-corrected chi connectivity index (χ1v) is 18.4. The molecule has 0 unspecified atom stereocenters. The van der Waals surface area contributed by atoms with Gasteiger partial charge in [-0.2, -0.15) is 0 Å². The Hall–Kier alpha value is -2.36. The lowest BCUT2D eigenvalue weighted by Crippen LogP contribution is -2.54. The highest BCUT2D eigenvalue weighted by atomic mass is 28.4. The van der Waals surface area contributed by atoms with Gasteiger partial charge in [0.05, 0.1) is 51.3 Å². The highest BCUT2D eigenvalue weighted by molar-refractivity contribution is 6.74. The molecular formula is C36H50O6Si. The fraction of sp³-hybridized carbons (Fsp3) is 0.500. The van der Waals surface area contributed by atoms with Crippen LogP contribution in [0.2, 0.25) is 18.1 Å². The van der Waals surface area contributed by atoms with Gasteiger partial charge in [0.15, 0.2) is 8.32 Å². The van der Waals surface area contributed by atoms with E-state index in [9.17, 15) is 5.11 Å². The van der Waals surface area contributed by atoms with Crippen LogP contribution < -0.4 is 0 Å². The summed E-state index contributed by atoms with van der Waals surface area (Å²) in [6.45, 7) is 15.1. The maximum atomic E-state index is 9.85. The van der Waals surface area contributed by atoms with Crippen LogP contribution in [0.5, 0.6) is 0 Å². The molecule has 6 atom stereocenters. The van der Waals surface area contributed by atoms with Crippen LogP contribution in [-0.2, 0) is 43.2 Å². The second-order valence-electron chi connectivity index (χ2n) is 13.1. The molecule has 7 heteroatoms. The Balaban J connectivity index is 1.67. The van der Waals surface area contributed by atoms with Crippen molar-refractivity contribution in [2.75, 3.05) is 13.2 Å². The third-order valence-corrected chi connectivity index (χ3v) is 13.2. The van der Waals surface area contributed by atoms with Gasteiger partial charge in [-0.25, -0.2) is 0 Å². The average molecular weight is 607 g/mol. The molecule has 6 nitrogen and oxygen atoms in total. The molecule has 1 aliphatic rings. The summed E-state index contributed by atoms with van der Waals surface area (Å²) in [5, 5.41) is 9.83. The summed E-state index contributed by atoms with van der Waals surface area (Å²) in [5.41, 5.74) is 3.27. The molecule has 43 heavy (non-hydrogen) atoms. The minimum atomic E-state index is -2.25. The molecule has 0 amide bonds. The Morgan fingerprint density at radius 2 is 1.21 bits per heavy atom. The second-order valence-corrected chi connectivity index (χ2v) is 17.9. The summed E-state index contributed by atoms with van der Waals surface area (Å²) in [6.07, 6.45) is -1.52. The third kappa shape index (κ3) is 9.81. The van der Waals surface area contributed by atoms with Gasteiger partial charge in [-0.3, -0.25) is 0 Å². The molecule has 3 aromatic carbocycles. The Morgan fingerprint density at radius 1 is 0.744 bits per heavy atom. The number of ether oxygens (including phenoxy) is 4. The van der Waals surface area contributed by atoms with Crippen molar-refractivity contribution in [3.63, 3.8) is 0 Å². The molecule has 0 saturated carbocycles. The van der Waals surface area contributed by atoms with E-state index in [0.717, 1.165) is 16.7 Å². The summed E-state index contributed by atoms with van der Waals surface area (Å²) in [6, 6.07) is 30.6. The van der Waals surface area contributed by atoms with Gasteiger partial charge in [-0.15, -0.1) is 0 Å². The standard InChI is InChI=1S/C36H50O6Si/c1-27(33-31(22-37)41-33)34(39-24-29-18-12-8-13-19-29)35(40-25-30-20-14-9-15-21-30)32(42-43(5,6)36(2,3)4)26-38-23-28-16-10-7-11-17-28/h7-21,27,31-35,37H,22-26H2,1-6H3/t27-,31-,32-,33-,34+,35-/m1/s1. The van der Waals surface area contributed by atoms with Crippen molar-refractivity contribution in [1.29, 1.82) is 0 Å². The highest BCUT2D eigenvalue weighted by Gasteiger charge is 2.50. The summed E-state index contributed by atoms with van der Waals surface area (Å²) in [5.74, 6) is -0.0544. The van der Waals surface area contributed by atoms with Crippen molar-refractivity contribution < 1.29 is 28.5 Å². The smallest absolute Gasteiger partial charge is 0.192 e. The van der Waals surface area contributed by atoms with Crippen LogP contribution in [0.4, 0.5) is 0 Å². The van der Waals surface area contributed by atoms with E-state index in [0.29, 0.717) is 26.4 Å². The molecule has 0 bridgehead atoms. The number of rotatable bonds is 17. The predicted molar refractivity (Wildman–Crippen MR) is 173 cm³/mol. The van der Waals surface area contributed by atoms with Crippen LogP contribution in [0.25, 0.3) is 0 Å². The third-order valence-electron chi connectivity index (χ3n) is 8.74. The van der Waals surface area contributed by atoms with Crippen LogP contribution in [-0.4, -0.2) is 57.2 Å². The van der Waals surface area contributed by atoms with Gasteiger partial charge in [0.25, 0.3) is 0 Å². The number of hydrogen-bond acceptors (Lipinski definition) is 6. The van der Waals surface area contributed by atoms with E-state index in [2.05, 4.69) is 77.2 Å². The Morgan fingerprint density at radius 3 is 1.65 bits per heavy atom. The van der Waals surface area contributed by atoms with Crippen molar-refractivity contribution in [2.45, 2.75) is 96.2 Å². The molecule has 0 spiro atoms. The summed E-state index contributed by atoms with van der Waals surface area (Å²) in [7, 11) is -2.25. The van der Waals surface area contributed by atoms with E-state index in [-0.39, 0.29) is 42.0 Å². The molecule has 0 aliphatic carbocycles. The van der Waals surface area contributed by atoms with Crippen molar-refractivity contribution >= 4 is 8.32 Å². The van der Waals surface area contributed by atoms with Crippen LogP contribution in [0.3, 0.4) is 0 Å². The van der Waals surface area contributed by atoms with Gasteiger partial charge in [0, 0.05) is 5.92 Å². The molecule has 234 valence electrons. The zero-order valence-electron chi connectivity index (χ0n) is 26.6. The molecule has 0 aromatic heterocycles. The Bertz CT molecular complexity index is 1200. The first-order chi connectivity index (χ1) is 20.6. The van der Waals surface area contributed by atoms with E-state index in [1.165, 1.54) is 0 Å². The van der Waals surface area contributed by atoms with Crippen molar-refractivity contribution in [1.82, 2.24) is 0 Å². The van der Waals surface area contributed by atoms with Gasteiger partial charge >= 0.3 is 0 Å². The molecule has 0 radical (unpaired) electrons. The van der Waals surface area contributed by atoms with Crippen LogP contribution in [0.1, 0.15) is 44.4 Å². The minimum Gasteiger partial charge on any atom is -0.409 e. The van der Waals surface area contributed by atoms with Crippen LogP contribution >= 0.6 is 0 Å². The number of aliphatic hydroxyl groups excluding tert-OH is 1. The van der Waals surface area contributed by atoms with E-state index in [1.54, 1.807) is 0 Å². The van der Waals surface area contributed by atoms with Gasteiger partial charge in [0.2, 0.25) is 0 Å².